The second-order valence-corrected chi connectivity index (χ2v) is 19.5. The third-order valence-corrected chi connectivity index (χ3v) is 15.9. The molecule has 3 N–H and O–H groups in total. The van der Waals surface area contributed by atoms with Crippen molar-refractivity contribution < 1.29 is 29.0 Å². The van der Waals surface area contributed by atoms with Gasteiger partial charge in [-0.1, -0.05) is 48.5 Å². The van der Waals surface area contributed by atoms with Crippen LogP contribution in [0.3, 0.4) is 0 Å². The molecule has 49 heavy (non-hydrogen) atoms. The summed E-state index contributed by atoms with van der Waals surface area (Å²) in [6.07, 6.45) is 9.80. The Balaban J connectivity index is 1.28. The van der Waals surface area contributed by atoms with Crippen LogP contribution in [0.5, 0.6) is 0 Å². The van der Waals surface area contributed by atoms with Crippen molar-refractivity contribution in [2.45, 2.75) is 152 Å². The van der Waals surface area contributed by atoms with E-state index in [4.69, 9.17) is 4.74 Å². The van der Waals surface area contributed by atoms with Crippen LogP contribution in [0.15, 0.2) is 11.1 Å². The van der Waals surface area contributed by atoms with Gasteiger partial charge in [0.25, 0.3) is 0 Å². The Morgan fingerprint density at radius 1 is 0.939 bits per heavy atom. The number of amides is 1. The number of rotatable bonds is 8. The molecule has 6 rings (SSSR count). The predicted octanol–water partition coefficient (Wildman–Crippen LogP) is 7.25. The minimum absolute atomic E-state index is 0.0311. The van der Waals surface area contributed by atoms with Gasteiger partial charge in [-0.15, -0.1) is 0 Å². The maximum absolute atomic E-state index is 14.4. The summed E-state index contributed by atoms with van der Waals surface area (Å²) in [5.41, 5.74) is 0.101. The molecule has 1 aliphatic heterocycles. The SMILES string of the molecule is CC(C)C1=C2C3CCC4[C@@]5(C)CC[C@H](OC(=O)CC(C)(C)C(=O)O)C(C)(C)C5CC[C@@]4(C)[C@]3(C)CC[C@@]2(C(=O)NC[C@@H]2CCCN2)CC1=O. The van der Waals surface area contributed by atoms with Crippen LogP contribution in [0.2, 0.25) is 0 Å². The number of nitrogens with one attached hydrogen (secondary N) is 2. The smallest absolute Gasteiger partial charge is 0.309 e. The molecule has 9 atom stereocenters. The number of esters is 1. The van der Waals surface area contributed by atoms with Gasteiger partial charge in [-0.25, -0.2) is 0 Å². The monoisotopic (exact) mass is 680 g/mol. The lowest BCUT2D eigenvalue weighted by Gasteiger charge is -2.72. The van der Waals surface area contributed by atoms with Crippen LogP contribution in [0.25, 0.3) is 0 Å². The summed E-state index contributed by atoms with van der Waals surface area (Å²) in [6, 6.07) is 0.313. The van der Waals surface area contributed by atoms with Gasteiger partial charge in [0, 0.05) is 24.4 Å². The first-order valence-electron chi connectivity index (χ1n) is 19.5. The van der Waals surface area contributed by atoms with Gasteiger partial charge in [-0.05, 0) is 136 Å². The molecule has 274 valence electrons. The van der Waals surface area contributed by atoms with Crippen molar-refractivity contribution in [1.82, 2.24) is 10.6 Å². The molecule has 0 bridgehead atoms. The lowest BCUT2D eigenvalue weighted by Crippen LogP contribution is -2.66. The van der Waals surface area contributed by atoms with E-state index in [0.717, 1.165) is 76.3 Å². The standard InChI is InChI=1S/C41H64N2O6/c1-24(2)32-27(44)21-41(34(46)43-23-25-11-10-20-42-25)19-18-39(8)26(33(32)41)12-13-29-38(7)16-15-30(49-31(45)22-36(3,4)35(47)48)37(5,6)28(38)14-17-40(29,39)9/h24-26,28-30,42H,10-23H2,1-9H3,(H,43,46)(H,47,48)/t25-,26?,28?,29?,30-,38-,39+,40+,41+/m0/s1. The number of aliphatic carboxylic acids is 1. The number of fused-ring (bicyclic) bond motifs is 7. The number of carbonyl (C=O) groups excluding carboxylic acids is 3. The molecule has 8 heteroatoms. The number of ketones is 1. The normalized spacial score (nSPS) is 41.4. The van der Waals surface area contributed by atoms with Crippen LogP contribution in [-0.4, -0.2) is 54.0 Å². The van der Waals surface area contributed by atoms with Crippen LogP contribution in [0, 0.1) is 56.2 Å². The van der Waals surface area contributed by atoms with E-state index in [1.165, 1.54) is 5.57 Å². The van der Waals surface area contributed by atoms with Crippen LogP contribution in [-0.2, 0) is 23.9 Å². The summed E-state index contributed by atoms with van der Waals surface area (Å²) in [7, 11) is 0. The number of allylic oxidation sites excluding steroid dienone is 1. The molecule has 4 saturated carbocycles. The van der Waals surface area contributed by atoms with E-state index >= 15 is 0 Å². The molecular weight excluding hydrogens is 616 g/mol. The summed E-state index contributed by atoms with van der Waals surface area (Å²) in [4.78, 5) is 53.0. The summed E-state index contributed by atoms with van der Waals surface area (Å²) in [6.45, 7) is 21.2. The molecule has 5 fully saturated rings. The first kappa shape index (κ1) is 36.6. The molecule has 0 radical (unpaired) electrons. The Morgan fingerprint density at radius 3 is 2.29 bits per heavy atom. The van der Waals surface area contributed by atoms with Crippen molar-refractivity contribution in [3.8, 4) is 0 Å². The van der Waals surface area contributed by atoms with Gasteiger partial charge in [0.15, 0.2) is 5.78 Å². The van der Waals surface area contributed by atoms with E-state index in [1.807, 2.05) is 0 Å². The Labute approximate surface area is 294 Å². The quantitative estimate of drug-likeness (QED) is 0.231. The number of hydrogen-bond acceptors (Lipinski definition) is 6. The first-order valence-corrected chi connectivity index (χ1v) is 19.5. The van der Waals surface area contributed by atoms with E-state index < -0.39 is 22.8 Å². The number of ether oxygens (including phenoxy) is 1. The molecule has 1 heterocycles. The average Bonchev–Trinajstić information content (AvgIpc) is 3.63. The molecule has 0 aromatic heterocycles. The fourth-order valence-electron chi connectivity index (χ4n) is 13.0. The number of carbonyl (C=O) groups is 4. The highest BCUT2D eigenvalue weighted by Crippen LogP contribution is 2.76. The van der Waals surface area contributed by atoms with E-state index in [1.54, 1.807) is 13.8 Å². The van der Waals surface area contributed by atoms with Crippen LogP contribution in [0.4, 0.5) is 0 Å². The lowest BCUT2D eigenvalue weighted by molar-refractivity contribution is -0.233. The van der Waals surface area contributed by atoms with Crippen molar-refractivity contribution in [2.75, 3.05) is 13.1 Å². The second kappa shape index (κ2) is 12.2. The zero-order chi connectivity index (χ0) is 35.9. The molecule has 1 saturated heterocycles. The highest BCUT2D eigenvalue weighted by molar-refractivity contribution is 6.07. The maximum Gasteiger partial charge on any atom is 0.309 e. The summed E-state index contributed by atoms with van der Waals surface area (Å²) in [5, 5.41) is 16.4. The fourth-order valence-corrected chi connectivity index (χ4v) is 13.0. The Hall–Kier alpha value is -2.22. The molecule has 0 aromatic rings. The van der Waals surface area contributed by atoms with E-state index in [0.29, 0.717) is 30.8 Å². The predicted molar refractivity (Wildman–Crippen MR) is 189 cm³/mol. The highest BCUT2D eigenvalue weighted by Gasteiger charge is 2.71. The van der Waals surface area contributed by atoms with E-state index in [9.17, 15) is 24.3 Å². The van der Waals surface area contributed by atoms with Crippen LogP contribution >= 0.6 is 0 Å². The third kappa shape index (κ3) is 5.46. The van der Waals surface area contributed by atoms with Gasteiger partial charge < -0.3 is 20.5 Å². The second-order valence-electron chi connectivity index (χ2n) is 19.5. The lowest BCUT2D eigenvalue weighted by atomic mass is 9.33. The molecule has 5 aliphatic carbocycles. The van der Waals surface area contributed by atoms with Gasteiger partial charge in [0.05, 0.1) is 17.3 Å². The topological polar surface area (TPSA) is 122 Å². The minimum atomic E-state index is -1.16. The van der Waals surface area contributed by atoms with E-state index in [-0.39, 0.29) is 57.7 Å². The molecule has 8 nitrogen and oxygen atoms in total. The highest BCUT2D eigenvalue weighted by atomic mass is 16.5. The summed E-state index contributed by atoms with van der Waals surface area (Å²) >= 11 is 0. The number of hydrogen-bond donors (Lipinski definition) is 3. The molecule has 0 aromatic carbocycles. The molecule has 6 aliphatic rings. The van der Waals surface area contributed by atoms with Gasteiger partial charge in [0.1, 0.15) is 6.10 Å². The average molecular weight is 681 g/mol. The van der Waals surface area contributed by atoms with E-state index in [2.05, 4.69) is 59.1 Å². The van der Waals surface area contributed by atoms with Crippen molar-refractivity contribution in [1.29, 1.82) is 0 Å². The zero-order valence-electron chi connectivity index (χ0n) is 31.9. The molecule has 0 spiro atoms. The Kier molecular flexibility index (Phi) is 9.10. The zero-order valence-corrected chi connectivity index (χ0v) is 31.9. The Bertz CT molecular complexity index is 1420. The third-order valence-electron chi connectivity index (χ3n) is 15.9. The summed E-state index contributed by atoms with van der Waals surface area (Å²) < 4.78 is 6.15. The van der Waals surface area contributed by atoms with Gasteiger partial charge in [-0.2, -0.15) is 0 Å². The fraction of sp³-hybridized carbons (Fsp3) is 0.854. The van der Waals surface area contributed by atoms with Crippen molar-refractivity contribution >= 4 is 23.6 Å². The Morgan fingerprint density at radius 2 is 1.65 bits per heavy atom. The maximum atomic E-state index is 14.4. The summed E-state index contributed by atoms with van der Waals surface area (Å²) in [5.74, 6) is 0.0112. The van der Waals surface area contributed by atoms with Gasteiger partial charge in [0.2, 0.25) is 5.91 Å². The number of carboxylic acid groups (broad SMARTS) is 1. The largest absolute Gasteiger partial charge is 0.481 e. The van der Waals surface area contributed by atoms with Crippen molar-refractivity contribution in [2.24, 2.45) is 56.2 Å². The first-order chi connectivity index (χ1) is 22.7. The number of Topliss-reactive ketones (excluding diaryl/α,β-unsaturated/α-hetero) is 1. The van der Waals surface area contributed by atoms with Gasteiger partial charge >= 0.3 is 11.9 Å². The molecule has 3 unspecified atom stereocenters. The molecule has 1 amide bonds. The minimum Gasteiger partial charge on any atom is -0.481 e. The van der Waals surface area contributed by atoms with Crippen molar-refractivity contribution in [3.05, 3.63) is 11.1 Å². The van der Waals surface area contributed by atoms with Crippen LogP contribution in [0.1, 0.15) is 139 Å². The van der Waals surface area contributed by atoms with Gasteiger partial charge in [-0.3, -0.25) is 19.2 Å². The van der Waals surface area contributed by atoms with Crippen molar-refractivity contribution in [3.63, 3.8) is 0 Å². The molecular formula is C41H64N2O6. The number of carboxylic acids is 1. The van der Waals surface area contributed by atoms with Crippen LogP contribution < -0.4 is 10.6 Å².